The summed E-state index contributed by atoms with van der Waals surface area (Å²) in [5.41, 5.74) is 5.71. The van der Waals surface area contributed by atoms with Crippen LogP contribution in [-0.2, 0) is 9.53 Å². The molecular formula is C18H35IN4O2. The van der Waals surface area contributed by atoms with Crippen molar-refractivity contribution in [1.29, 1.82) is 0 Å². The van der Waals surface area contributed by atoms with Crippen LogP contribution in [0, 0.1) is 11.3 Å². The van der Waals surface area contributed by atoms with Crippen molar-refractivity contribution in [3.63, 3.8) is 0 Å². The molecule has 0 spiro atoms. The molecule has 146 valence electrons. The van der Waals surface area contributed by atoms with E-state index in [-0.39, 0.29) is 29.9 Å². The number of methoxy groups -OCH3 is 1. The van der Waals surface area contributed by atoms with Crippen molar-refractivity contribution in [3.05, 3.63) is 0 Å². The molecule has 1 atom stereocenters. The molecule has 1 amide bonds. The van der Waals surface area contributed by atoms with Crippen LogP contribution in [0.5, 0.6) is 0 Å². The molecule has 0 aromatic heterocycles. The minimum atomic E-state index is -0.200. The molecule has 0 bridgehead atoms. The highest BCUT2D eigenvalue weighted by atomic mass is 127. The van der Waals surface area contributed by atoms with Crippen molar-refractivity contribution < 1.29 is 9.53 Å². The zero-order valence-corrected chi connectivity index (χ0v) is 18.1. The fraction of sp³-hybridized carbons (Fsp3) is 0.889. The molecule has 2 fully saturated rings. The van der Waals surface area contributed by atoms with Gasteiger partial charge in [-0.2, -0.15) is 0 Å². The van der Waals surface area contributed by atoms with Crippen LogP contribution < -0.4 is 11.1 Å². The first-order valence-electron chi connectivity index (χ1n) is 9.31. The molecule has 1 saturated heterocycles. The van der Waals surface area contributed by atoms with Crippen molar-refractivity contribution in [2.45, 2.75) is 51.4 Å². The Morgan fingerprint density at radius 1 is 1.36 bits per heavy atom. The number of nitrogens with two attached hydrogens (primary N) is 1. The second-order valence-electron chi connectivity index (χ2n) is 7.48. The van der Waals surface area contributed by atoms with E-state index in [1.54, 1.807) is 7.11 Å². The number of hydrogen-bond donors (Lipinski definition) is 2. The Hall–Kier alpha value is -0.570. The summed E-state index contributed by atoms with van der Waals surface area (Å²) in [5, 5.41) is 3.61. The van der Waals surface area contributed by atoms with E-state index in [9.17, 15) is 4.79 Å². The second kappa shape index (κ2) is 11.2. The van der Waals surface area contributed by atoms with Crippen molar-refractivity contribution in [3.8, 4) is 0 Å². The van der Waals surface area contributed by atoms with Crippen LogP contribution in [0.1, 0.15) is 51.4 Å². The van der Waals surface area contributed by atoms with Crippen LogP contribution >= 0.6 is 24.0 Å². The van der Waals surface area contributed by atoms with E-state index in [1.165, 1.54) is 25.7 Å². The number of nitrogens with one attached hydrogen (secondary N) is 1. The quantitative estimate of drug-likeness (QED) is 0.343. The standard InChI is InChI=1S/C18H34N4O2.HI/c1-20-17(22-10-5-6-15(13-22)12-16(19)23)21-14-18(9-11-24-2)7-3-4-8-18;/h15H,3-14H2,1-2H3,(H2,19,23)(H,20,21);1H. The molecule has 0 aromatic rings. The lowest BCUT2D eigenvalue weighted by Gasteiger charge is -2.37. The molecule has 0 aromatic carbocycles. The number of piperidine rings is 1. The lowest BCUT2D eigenvalue weighted by atomic mass is 9.83. The average Bonchev–Trinajstić information content (AvgIpc) is 3.02. The number of carbonyl (C=O) groups is 1. The third-order valence-corrected chi connectivity index (χ3v) is 5.64. The number of guanidine groups is 1. The topological polar surface area (TPSA) is 80.0 Å². The van der Waals surface area contributed by atoms with Crippen LogP contribution in [0.15, 0.2) is 4.99 Å². The van der Waals surface area contributed by atoms with E-state index in [2.05, 4.69) is 15.2 Å². The number of primary amides is 1. The maximum Gasteiger partial charge on any atom is 0.217 e. The zero-order chi connectivity index (χ0) is 17.4. The SMILES string of the molecule is CN=C(NCC1(CCOC)CCCC1)N1CCCC(CC(N)=O)C1.I. The minimum absolute atomic E-state index is 0. The first-order valence-corrected chi connectivity index (χ1v) is 9.31. The average molecular weight is 466 g/mol. The third kappa shape index (κ3) is 6.92. The molecule has 2 rings (SSSR count). The number of ether oxygens (including phenoxy) is 1. The number of hydrogen-bond acceptors (Lipinski definition) is 3. The highest BCUT2D eigenvalue weighted by Gasteiger charge is 2.34. The Morgan fingerprint density at radius 2 is 2.08 bits per heavy atom. The first-order chi connectivity index (χ1) is 11.6. The molecule has 1 heterocycles. The van der Waals surface area contributed by atoms with Gasteiger partial charge < -0.3 is 20.7 Å². The normalized spacial score (nSPS) is 23.2. The van der Waals surface area contributed by atoms with E-state index in [0.717, 1.165) is 51.5 Å². The molecule has 25 heavy (non-hydrogen) atoms. The van der Waals surface area contributed by atoms with Crippen LogP contribution in [-0.4, -0.2) is 57.2 Å². The number of carbonyl (C=O) groups excluding carboxylic acids is 1. The Bertz CT molecular complexity index is 439. The molecule has 3 N–H and O–H groups in total. The maximum absolute atomic E-state index is 11.2. The molecule has 1 aliphatic carbocycles. The Morgan fingerprint density at radius 3 is 2.68 bits per heavy atom. The van der Waals surface area contributed by atoms with Gasteiger partial charge >= 0.3 is 0 Å². The van der Waals surface area contributed by atoms with Gasteiger partial charge in [0.05, 0.1) is 0 Å². The molecule has 7 heteroatoms. The van der Waals surface area contributed by atoms with Gasteiger partial charge in [-0.1, -0.05) is 12.8 Å². The lowest BCUT2D eigenvalue weighted by Crippen LogP contribution is -2.49. The van der Waals surface area contributed by atoms with Gasteiger partial charge in [0, 0.05) is 46.8 Å². The number of amides is 1. The van der Waals surface area contributed by atoms with Gasteiger partial charge in [-0.3, -0.25) is 9.79 Å². The van der Waals surface area contributed by atoms with Gasteiger partial charge in [0.2, 0.25) is 5.91 Å². The van der Waals surface area contributed by atoms with Gasteiger partial charge in [-0.05, 0) is 43.4 Å². The van der Waals surface area contributed by atoms with E-state index in [1.807, 2.05) is 7.05 Å². The number of halogens is 1. The molecule has 0 radical (unpaired) electrons. The highest BCUT2D eigenvalue weighted by Crippen LogP contribution is 2.40. The molecule has 1 saturated carbocycles. The van der Waals surface area contributed by atoms with Crippen molar-refractivity contribution in [2.75, 3.05) is 40.4 Å². The van der Waals surface area contributed by atoms with Crippen LogP contribution in [0.25, 0.3) is 0 Å². The Labute approximate surface area is 169 Å². The van der Waals surface area contributed by atoms with E-state index >= 15 is 0 Å². The van der Waals surface area contributed by atoms with E-state index in [0.29, 0.717) is 17.8 Å². The summed E-state index contributed by atoms with van der Waals surface area (Å²) in [6.07, 6.45) is 8.92. The van der Waals surface area contributed by atoms with E-state index in [4.69, 9.17) is 10.5 Å². The molecular weight excluding hydrogens is 431 g/mol. The summed E-state index contributed by atoms with van der Waals surface area (Å²) in [6, 6.07) is 0. The number of aliphatic imine (C=N–C) groups is 1. The zero-order valence-electron chi connectivity index (χ0n) is 15.8. The van der Waals surface area contributed by atoms with Gasteiger partial charge in [-0.15, -0.1) is 24.0 Å². The third-order valence-electron chi connectivity index (χ3n) is 5.64. The van der Waals surface area contributed by atoms with Gasteiger partial charge in [0.25, 0.3) is 0 Å². The highest BCUT2D eigenvalue weighted by molar-refractivity contribution is 14.0. The van der Waals surface area contributed by atoms with E-state index < -0.39 is 0 Å². The number of likely N-dealkylation sites (tertiary alicyclic amines) is 1. The minimum Gasteiger partial charge on any atom is -0.385 e. The Balaban J connectivity index is 0.00000312. The fourth-order valence-corrected chi connectivity index (χ4v) is 4.27. The fourth-order valence-electron chi connectivity index (χ4n) is 4.27. The van der Waals surface area contributed by atoms with Crippen molar-refractivity contribution in [2.24, 2.45) is 22.1 Å². The Kier molecular flexibility index (Phi) is 10.1. The van der Waals surface area contributed by atoms with Crippen molar-refractivity contribution >= 4 is 35.8 Å². The predicted octanol–water partition coefficient (Wildman–Crippen LogP) is 2.36. The lowest BCUT2D eigenvalue weighted by molar-refractivity contribution is -0.119. The number of rotatable bonds is 7. The smallest absolute Gasteiger partial charge is 0.217 e. The molecule has 6 nitrogen and oxygen atoms in total. The summed E-state index contributed by atoms with van der Waals surface area (Å²) in [7, 11) is 3.62. The summed E-state index contributed by atoms with van der Waals surface area (Å²) >= 11 is 0. The second-order valence-corrected chi connectivity index (χ2v) is 7.48. The summed E-state index contributed by atoms with van der Waals surface area (Å²) in [6.45, 7) is 3.65. The van der Waals surface area contributed by atoms with Gasteiger partial charge in [0.15, 0.2) is 5.96 Å². The van der Waals surface area contributed by atoms with Gasteiger partial charge in [0.1, 0.15) is 0 Å². The predicted molar refractivity (Wildman–Crippen MR) is 112 cm³/mol. The van der Waals surface area contributed by atoms with Gasteiger partial charge in [-0.25, -0.2) is 0 Å². The van der Waals surface area contributed by atoms with Crippen LogP contribution in [0.4, 0.5) is 0 Å². The number of nitrogens with zero attached hydrogens (tertiary/aromatic N) is 2. The van der Waals surface area contributed by atoms with Crippen LogP contribution in [0.3, 0.4) is 0 Å². The van der Waals surface area contributed by atoms with Crippen LogP contribution in [0.2, 0.25) is 0 Å². The summed E-state index contributed by atoms with van der Waals surface area (Å²) < 4.78 is 5.32. The van der Waals surface area contributed by atoms with Crippen molar-refractivity contribution in [1.82, 2.24) is 10.2 Å². The monoisotopic (exact) mass is 466 g/mol. The molecule has 1 unspecified atom stereocenters. The molecule has 2 aliphatic rings. The first kappa shape index (κ1) is 22.5. The molecule has 1 aliphatic heterocycles. The summed E-state index contributed by atoms with van der Waals surface area (Å²) in [5.74, 6) is 1.12. The summed E-state index contributed by atoms with van der Waals surface area (Å²) in [4.78, 5) is 18.0. The maximum atomic E-state index is 11.2. The largest absolute Gasteiger partial charge is 0.385 e.